The summed E-state index contributed by atoms with van der Waals surface area (Å²) in [6, 6.07) is 0. The van der Waals surface area contributed by atoms with Crippen LogP contribution in [0.1, 0.15) is 0 Å². The van der Waals surface area contributed by atoms with Gasteiger partial charge in [0.25, 0.3) is 11.4 Å². The van der Waals surface area contributed by atoms with E-state index in [4.69, 9.17) is 23.4 Å². The summed E-state index contributed by atoms with van der Waals surface area (Å²) in [6.45, 7) is 0. The van der Waals surface area contributed by atoms with Gasteiger partial charge >= 0.3 is 0 Å². The summed E-state index contributed by atoms with van der Waals surface area (Å²) in [5.41, 5.74) is 0. The third kappa shape index (κ3) is 701. The summed E-state index contributed by atoms with van der Waals surface area (Å²) in [5.74, 6) is 0. The Bertz CT molecular complexity index is 60.7. The average Bonchev–Trinajstić information content (AvgIpc) is 1.33. The van der Waals surface area contributed by atoms with Crippen LogP contribution >= 0.6 is 0 Å². The minimum Gasteiger partial charge on any atom is -0.379 e. The van der Waals surface area contributed by atoms with E-state index in [0.717, 1.165) is 0 Å². The summed E-state index contributed by atoms with van der Waals surface area (Å²) in [4.78, 5) is 8.11. The van der Waals surface area contributed by atoms with Gasteiger partial charge in [0, 0.05) is 0 Å². The highest BCUT2D eigenvalue weighted by atomic mass is 32.2. The molecule has 0 bridgehead atoms. The van der Waals surface area contributed by atoms with Crippen molar-refractivity contribution in [3.05, 3.63) is 4.91 Å². The lowest BCUT2D eigenvalue weighted by molar-refractivity contribution is 0.312. The van der Waals surface area contributed by atoms with E-state index >= 15 is 0 Å². The van der Waals surface area contributed by atoms with Crippen LogP contribution < -0.4 is 18.5 Å². The number of rotatable bonds is 0. The summed E-state index contributed by atoms with van der Waals surface area (Å²) >= 11 is -2.61. The molecule has 10 heteroatoms. The minimum absolute atomic E-state index is 0. The Morgan fingerprint density at radius 1 is 1.10 bits per heavy atom. The lowest BCUT2D eigenvalue weighted by Crippen LogP contribution is -1.74. The van der Waals surface area contributed by atoms with Gasteiger partial charge < -0.3 is 23.7 Å². The van der Waals surface area contributed by atoms with Crippen LogP contribution in [0.25, 0.3) is 0 Å². The molecule has 0 amide bonds. The van der Waals surface area contributed by atoms with E-state index in [2.05, 4.69) is 0 Å². The molecule has 12 N–H and O–H groups in total. The summed E-state index contributed by atoms with van der Waals surface area (Å²) < 4.78 is 22.8. The third-order valence-electron chi connectivity index (χ3n) is 0. The van der Waals surface area contributed by atoms with Crippen molar-refractivity contribution in [3.8, 4) is 0 Å². The lowest BCUT2D eigenvalue weighted by atomic mass is 13.4. The van der Waals surface area contributed by atoms with Crippen LogP contribution in [0.2, 0.25) is 0 Å². The van der Waals surface area contributed by atoms with Gasteiger partial charge in [-0.3, -0.25) is 9.11 Å². The first-order valence-corrected chi connectivity index (χ1v) is 1.98. The van der Waals surface area contributed by atoms with Crippen LogP contribution in [0.4, 0.5) is 0 Å². The van der Waals surface area contributed by atoms with E-state index in [1.54, 1.807) is 0 Å². The van der Waals surface area contributed by atoms with Crippen LogP contribution in [-0.4, -0.2) is 18.5 Å². The van der Waals surface area contributed by atoms with Crippen molar-refractivity contribution >= 4 is 11.4 Å². The van der Waals surface area contributed by atoms with Gasteiger partial charge in [-0.05, 0) is 0 Å². The molecule has 0 heterocycles. The van der Waals surface area contributed by atoms with Crippen molar-refractivity contribution in [3.63, 3.8) is 0 Å². The van der Waals surface area contributed by atoms with Gasteiger partial charge in [0.2, 0.25) is 0 Å². The monoisotopic (exact) mass is 180 g/mol. The SMILES string of the molecule is N.N.N.O=NO.O=S(O)O. The van der Waals surface area contributed by atoms with Gasteiger partial charge in [-0.15, -0.1) is 4.91 Å². The van der Waals surface area contributed by atoms with Crippen LogP contribution in [0.3, 0.4) is 0 Å². The third-order valence-corrected chi connectivity index (χ3v) is 0. The topological polar surface area (TPSA) is 212 Å². The average molecular weight is 180 g/mol. The second kappa shape index (κ2) is 40.2. The molecule has 9 nitrogen and oxygen atoms in total. The van der Waals surface area contributed by atoms with E-state index in [1.165, 1.54) is 5.34 Å². The summed E-state index contributed by atoms with van der Waals surface area (Å²) in [6.07, 6.45) is 0. The van der Waals surface area contributed by atoms with Gasteiger partial charge in [-0.25, -0.2) is 0 Å². The fourth-order valence-corrected chi connectivity index (χ4v) is 0. The number of hydrogen-bond acceptors (Lipinski definition) is 6. The summed E-state index contributed by atoms with van der Waals surface area (Å²) in [7, 11) is 0. The Hall–Kier alpha value is -0.650. The van der Waals surface area contributed by atoms with Crippen molar-refractivity contribution in [2.45, 2.75) is 0 Å². The zero-order valence-corrected chi connectivity index (χ0v) is 5.95. The van der Waals surface area contributed by atoms with E-state index in [0.29, 0.717) is 0 Å². The van der Waals surface area contributed by atoms with Crippen molar-refractivity contribution in [2.75, 3.05) is 0 Å². The quantitative estimate of drug-likeness (QED) is 0.173. The van der Waals surface area contributed by atoms with Gasteiger partial charge in [-0.2, -0.15) is 4.21 Å². The molecule has 0 aliphatic rings. The van der Waals surface area contributed by atoms with E-state index in [-0.39, 0.29) is 18.5 Å². The number of hydrogen-bond donors (Lipinski definition) is 6. The maximum atomic E-state index is 8.67. The molecule has 0 rings (SSSR count). The fourth-order valence-electron chi connectivity index (χ4n) is 0. The first-order valence-electron chi connectivity index (χ1n) is 0.914. The Morgan fingerprint density at radius 2 is 1.10 bits per heavy atom. The number of nitrogens with zero attached hydrogens (tertiary/aromatic N) is 1. The molecular formula is H12N4O5S. The van der Waals surface area contributed by atoms with Crippen LogP contribution in [0, 0.1) is 4.91 Å². The Morgan fingerprint density at radius 3 is 1.10 bits per heavy atom. The molecule has 10 heavy (non-hydrogen) atoms. The summed E-state index contributed by atoms with van der Waals surface area (Å²) in [5, 5.41) is 7.89. The van der Waals surface area contributed by atoms with Crippen molar-refractivity contribution in [1.29, 1.82) is 0 Å². The standard InChI is InChI=1S/HNO2.3H3N.H2O3S/c2-1-3;;;;1-4(2)3/h(H,2,3);3*1H3;(H2,1,2,3). The Labute approximate surface area is 59.6 Å². The molecule has 0 aromatic heterocycles. The lowest BCUT2D eigenvalue weighted by Gasteiger charge is -1.59. The molecule has 0 aliphatic heterocycles. The van der Waals surface area contributed by atoms with Crippen LogP contribution in [-0.2, 0) is 11.4 Å². The van der Waals surface area contributed by atoms with Crippen molar-refractivity contribution in [2.24, 2.45) is 5.34 Å². The smallest absolute Gasteiger partial charge is 0.299 e. The molecule has 0 spiro atoms. The van der Waals surface area contributed by atoms with Gasteiger partial charge in [0.05, 0.1) is 0 Å². The molecule has 0 aromatic rings. The van der Waals surface area contributed by atoms with Gasteiger partial charge in [0.15, 0.2) is 5.34 Å². The van der Waals surface area contributed by atoms with E-state index < -0.39 is 11.4 Å². The Balaban J connectivity index is -0.0000000131. The molecule has 0 atom stereocenters. The minimum atomic E-state index is -2.61. The molecule has 0 saturated carbocycles. The van der Waals surface area contributed by atoms with Crippen LogP contribution in [0.5, 0.6) is 0 Å². The largest absolute Gasteiger partial charge is 0.379 e. The highest BCUT2D eigenvalue weighted by Gasteiger charge is 1.62. The maximum absolute atomic E-state index is 8.67. The first kappa shape index (κ1) is 34.5. The van der Waals surface area contributed by atoms with Crippen molar-refractivity contribution in [1.82, 2.24) is 18.5 Å². The first-order chi connectivity index (χ1) is 3.15. The predicted molar refractivity (Wildman–Crippen MR) is 36.0 cm³/mol. The van der Waals surface area contributed by atoms with E-state index in [9.17, 15) is 0 Å². The van der Waals surface area contributed by atoms with Crippen molar-refractivity contribution < 1.29 is 18.5 Å². The highest BCUT2D eigenvalue weighted by Crippen LogP contribution is 1.44. The normalized spacial score (nSPS) is 4.70. The molecule has 0 fully saturated rings. The zero-order valence-electron chi connectivity index (χ0n) is 5.13. The van der Waals surface area contributed by atoms with Gasteiger partial charge in [0.1, 0.15) is 0 Å². The molecular weight excluding hydrogens is 168 g/mol. The fraction of sp³-hybridized carbons (Fsp3) is 0. The molecule has 0 aromatic carbocycles. The molecule has 0 aliphatic carbocycles. The predicted octanol–water partition coefficient (Wildman–Crippen LogP) is 0.309. The van der Waals surface area contributed by atoms with Crippen LogP contribution in [0.15, 0.2) is 5.34 Å². The van der Waals surface area contributed by atoms with E-state index in [1.807, 2.05) is 0 Å². The highest BCUT2D eigenvalue weighted by molar-refractivity contribution is 7.73. The molecule has 0 radical (unpaired) electrons. The molecule has 0 unspecified atom stereocenters. The maximum Gasteiger partial charge on any atom is 0.299 e. The zero-order chi connectivity index (χ0) is 6.28. The molecule has 68 valence electrons. The second-order valence-corrected chi connectivity index (χ2v) is 0.774. The molecule has 0 saturated heterocycles. The van der Waals surface area contributed by atoms with Gasteiger partial charge in [-0.1, -0.05) is 0 Å². The Kier molecular flexibility index (Phi) is 138. The second-order valence-electron chi connectivity index (χ2n) is 0.312.